The van der Waals surface area contributed by atoms with Crippen molar-refractivity contribution in [3.8, 4) is 5.95 Å². The molecular formula is C9H14N8O2S. The van der Waals surface area contributed by atoms with Gasteiger partial charge in [0.1, 0.15) is 12.7 Å². The van der Waals surface area contributed by atoms with E-state index in [2.05, 4.69) is 30.4 Å². The summed E-state index contributed by atoms with van der Waals surface area (Å²) in [6.45, 7) is 1.79. The molecule has 20 heavy (non-hydrogen) atoms. The van der Waals surface area contributed by atoms with E-state index in [1.54, 1.807) is 6.92 Å². The quantitative estimate of drug-likeness (QED) is 0.678. The summed E-state index contributed by atoms with van der Waals surface area (Å²) < 4.78 is 24.1. The summed E-state index contributed by atoms with van der Waals surface area (Å²) in [4.78, 5) is 15.6. The lowest BCUT2D eigenvalue weighted by atomic mass is 10.7. The summed E-state index contributed by atoms with van der Waals surface area (Å²) in [6, 6.07) is 0. The van der Waals surface area contributed by atoms with Crippen LogP contribution >= 0.6 is 0 Å². The van der Waals surface area contributed by atoms with Crippen LogP contribution < -0.4 is 11.1 Å². The van der Waals surface area contributed by atoms with Crippen LogP contribution in [0.3, 0.4) is 0 Å². The monoisotopic (exact) mass is 298 g/mol. The third-order valence-corrected chi connectivity index (χ3v) is 4.11. The van der Waals surface area contributed by atoms with Crippen LogP contribution in [-0.2, 0) is 9.84 Å². The van der Waals surface area contributed by atoms with Gasteiger partial charge >= 0.3 is 0 Å². The number of aromatic nitrogens is 6. The minimum atomic E-state index is -3.05. The molecule has 0 aliphatic rings. The van der Waals surface area contributed by atoms with Crippen LogP contribution in [-0.4, -0.2) is 56.2 Å². The lowest BCUT2D eigenvalue weighted by Crippen LogP contribution is -2.19. The van der Waals surface area contributed by atoms with Gasteiger partial charge in [-0.1, -0.05) is 6.92 Å². The van der Waals surface area contributed by atoms with Crippen LogP contribution in [0.4, 0.5) is 11.9 Å². The number of rotatable bonds is 6. The maximum absolute atomic E-state index is 11.4. The minimum Gasteiger partial charge on any atom is -0.368 e. The van der Waals surface area contributed by atoms with Crippen LogP contribution in [0.5, 0.6) is 0 Å². The smallest absolute Gasteiger partial charge is 0.258 e. The molecule has 10 nitrogen and oxygen atoms in total. The first-order chi connectivity index (χ1) is 9.50. The standard InChI is InChI=1S/C9H14N8O2S/c1-2-20(18,19)4-3-12-8-14-7(10)15-9(16-8)17-6-11-5-13-17/h5-6H,2-4H2,1H3,(H3,10,12,14,15,16). The third-order valence-electron chi connectivity index (χ3n) is 2.40. The highest BCUT2D eigenvalue weighted by Crippen LogP contribution is 2.05. The molecule has 0 aliphatic heterocycles. The van der Waals surface area contributed by atoms with Crippen LogP contribution in [0, 0.1) is 0 Å². The average Bonchev–Trinajstić information content (AvgIpc) is 2.92. The molecule has 108 valence electrons. The highest BCUT2D eigenvalue weighted by atomic mass is 32.2. The van der Waals surface area contributed by atoms with Gasteiger partial charge in [-0.15, -0.1) is 0 Å². The van der Waals surface area contributed by atoms with E-state index in [-0.39, 0.29) is 35.9 Å². The number of hydrogen-bond acceptors (Lipinski definition) is 9. The molecule has 0 amide bonds. The van der Waals surface area contributed by atoms with Gasteiger partial charge in [0.2, 0.25) is 11.9 Å². The predicted molar refractivity (Wildman–Crippen MR) is 72.0 cm³/mol. The van der Waals surface area contributed by atoms with E-state index < -0.39 is 9.84 Å². The van der Waals surface area contributed by atoms with E-state index in [9.17, 15) is 8.42 Å². The molecule has 0 fully saturated rings. The van der Waals surface area contributed by atoms with Gasteiger partial charge in [-0.3, -0.25) is 0 Å². The second-order valence-electron chi connectivity index (χ2n) is 3.82. The van der Waals surface area contributed by atoms with E-state index >= 15 is 0 Å². The summed E-state index contributed by atoms with van der Waals surface area (Å²) in [7, 11) is -3.05. The molecule has 0 saturated heterocycles. The van der Waals surface area contributed by atoms with E-state index in [1.807, 2.05) is 0 Å². The molecule has 0 atom stereocenters. The van der Waals surface area contributed by atoms with Crippen molar-refractivity contribution in [1.82, 2.24) is 29.7 Å². The Labute approximate surface area is 115 Å². The van der Waals surface area contributed by atoms with Crippen molar-refractivity contribution in [2.45, 2.75) is 6.92 Å². The number of nitrogens with two attached hydrogens (primary N) is 1. The SMILES string of the molecule is CCS(=O)(=O)CCNc1nc(N)nc(-n2cncn2)n1. The van der Waals surface area contributed by atoms with Gasteiger partial charge in [-0.2, -0.15) is 24.7 Å². The van der Waals surface area contributed by atoms with Crippen LogP contribution in [0.1, 0.15) is 6.92 Å². The fraction of sp³-hybridized carbons (Fsp3) is 0.444. The summed E-state index contributed by atoms with van der Waals surface area (Å²) in [5, 5.41) is 6.67. The zero-order valence-corrected chi connectivity index (χ0v) is 11.6. The Bertz CT molecular complexity index is 669. The van der Waals surface area contributed by atoms with E-state index in [0.717, 1.165) is 0 Å². The zero-order valence-electron chi connectivity index (χ0n) is 10.8. The maximum atomic E-state index is 11.4. The number of sulfone groups is 1. The molecule has 0 saturated carbocycles. The molecule has 0 aromatic carbocycles. The van der Waals surface area contributed by atoms with Crippen LogP contribution in [0.15, 0.2) is 12.7 Å². The third kappa shape index (κ3) is 3.60. The Hall–Kier alpha value is -2.30. The first-order valence-electron chi connectivity index (χ1n) is 5.81. The van der Waals surface area contributed by atoms with Crippen LogP contribution in [0.2, 0.25) is 0 Å². The van der Waals surface area contributed by atoms with Gasteiger partial charge < -0.3 is 11.1 Å². The molecule has 0 bridgehead atoms. The number of nitrogen functional groups attached to an aromatic ring is 1. The molecule has 11 heteroatoms. The summed E-state index contributed by atoms with van der Waals surface area (Å²) in [6.07, 6.45) is 2.75. The molecule has 0 aliphatic carbocycles. The Balaban J connectivity index is 2.09. The predicted octanol–water partition coefficient (Wildman–Crippen LogP) is -1.12. The van der Waals surface area contributed by atoms with Gasteiger partial charge in [0, 0.05) is 12.3 Å². The van der Waals surface area contributed by atoms with Gasteiger partial charge in [0.25, 0.3) is 5.95 Å². The fourth-order valence-electron chi connectivity index (χ4n) is 1.34. The lowest BCUT2D eigenvalue weighted by molar-refractivity contribution is 0.597. The highest BCUT2D eigenvalue weighted by molar-refractivity contribution is 7.91. The Morgan fingerprint density at radius 3 is 2.80 bits per heavy atom. The largest absolute Gasteiger partial charge is 0.368 e. The second kappa shape index (κ2) is 5.77. The minimum absolute atomic E-state index is 0.00588. The molecule has 2 aromatic rings. The molecule has 0 spiro atoms. The normalized spacial score (nSPS) is 11.4. The van der Waals surface area contributed by atoms with Gasteiger partial charge in [0.15, 0.2) is 9.84 Å². The zero-order chi connectivity index (χ0) is 14.6. The molecule has 2 aromatic heterocycles. The first-order valence-corrected chi connectivity index (χ1v) is 7.63. The van der Waals surface area contributed by atoms with Crippen molar-refractivity contribution in [1.29, 1.82) is 0 Å². The van der Waals surface area contributed by atoms with Crippen molar-refractivity contribution in [3.63, 3.8) is 0 Å². The van der Waals surface area contributed by atoms with Gasteiger partial charge in [-0.05, 0) is 0 Å². The number of hydrogen-bond donors (Lipinski definition) is 2. The summed E-state index contributed by atoms with van der Waals surface area (Å²) in [5.41, 5.74) is 5.57. The lowest BCUT2D eigenvalue weighted by Gasteiger charge is -2.06. The van der Waals surface area contributed by atoms with Gasteiger partial charge in [-0.25, -0.2) is 13.4 Å². The Morgan fingerprint density at radius 2 is 2.15 bits per heavy atom. The van der Waals surface area contributed by atoms with E-state index in [1.165, 1.54) is 17.3 Å². The van der Waals surface area contributed by atoms with Crippen LogP contribution in [0.25, 0.3) is 5.95 Å². The molecule has 0 radical (unpaired) electrons. The van der Waals surface area contributed by atoms with Crippen molar-refractivity contribution >= 4 is 21.7 Å². The summed E-state index contributed by atoms with van der Waals surface area (Å²) >= 11 is 0. The molecule has 3 N–H and O–H groups in total. The van der Waals surface area contributed by atoms with Crippen molar-refractivity contribution in [2.75, 3.05) is 29.1 Å². The second-order valence-corrected chi connectivity index (χ2v) is 6.29. The molecular weight excluding hydrogens is 284 g/mol. The molecule has 0 unspecified atom stereocenters. The number of anilines is 2. The Morgan fingerprint density at radius 1 is 1.35 bits per heavy atom. The molecule has 2 heterocycles. The molecule has 2 rings (SSSR count). The average molecular weight is 298 g/mol. The van der Waals surface area contributed by atoms with Crippen molar-refractivity contribution in [3.05, 3.63) is 12.7 Å². The van der Waals surface area contributed by atoms with E-state index in [4.69, 9.17) is 5.73 Å². The number of nitrogens with one attached hydrogen (secondary N) is 1. The van der Waals surface area contributed by atoms with Crippen molar-refractivity contribution < 1.29 is 8.42 Å². The van der Waals surface area contributed by atoms with Crippen molar-refractivity contribution in [2.24, 2.45) is 0 Å². The first kappa shape index (κ1) is 14.1. The van der Waals surface area contributed by atoms with E-state index in [0.29, 0.717) is 0 Å². The topological polar surface area (TPSA) is 142 Å². The fourth-order valence-corrected chi connectivity index (χ4v) is 2.04. The maximum Gasteiger partial charge on any atom is 0.258 e. The Kier molecular flexibility index (Phi) is 4.08. The summed E-state index contributed by atoms with van der Waals surface area (Å²) in [5.74, 6) is 0.489. The number of nitrogens with zero attached hydrogens (tertiary/aromatic N) is 6. The van der Waals surface area contributed by atoms with Gasteiger partial charge in [0.05, 0.1) is 5.75 Å². The highest BCUT2D eigenvalue weighted by Gasteiger charge is 2.09.